The van der Waals surface area contributed by atoms with Gasteiger partial charge in [0, 0.05) is 19.5 Å². The molecule has 2 N–H and O–H groups in total. The van der Waals surface area contributed by atoms with Gasteiger partial charge in [0.1, 0.15) is 34.6 Å². The summed E-state index contributed by atoms with van der Waals surface area (Å²) in [5, 5.41) is 5.86. The van der Waals surface area contributed by atoms with Crippen molar-refractivity contribution in [1.29, 1.82) is 0 Å². The Hall–Kier alpha value is -4.73. The number of halogens is 3. The summed E-state index contributed by atoms with van der Waals surface area (Å²) in [6, 6.07) is 15.9. The molecule has 0 aromatic heterocycles. The summed E-state index contributed by atoms with van der Waals surface area (Å²) >= 11 is 0. The number of hydrogen-bond donors (Lipinski definition) is 2. The van der Waals surface area contributed by atoms with Crippen molar-refractivity contribution in [3.63, 3.8) is 0 Å². The van der Waals surface area contributed by atoms with Crippen molar-refractivity contribution in [2.24, 2.45) is 5.92 Å². The zero-order valence-electron chi connectivity index (χ0n) is 40.6. The molecule has 15 heteroatoms. The van der Waals surface area contributed by atoms with Crippen LogP contribution in [0.25, 0.3) is 0 Å². The second kappa shape index (κ2) is 21.5. The SMILES string of the molecule is CC[C@@H](C)[C@@]1(NC(C)=O)CCN([C@@H](CCc2ccccc2)C(=O)N[C@@H](Cc2cc(F)cc(F)c2)[C@H](O[Si](C)(C)C(C)(C)C)[C@H]2C[C@@H](OCc3ccc(F)cc3)CN2C(=O)OC(C)(C)C)C1=O. The van der Waals surface area contributed by atoms with Crippen LogP contribution in [0.4, 0.5) is 18.0 Å². The first-order chi connectivity index (χ1) is 30.8. The molecule has 5 rings (SSSR count). The Morgan fingerprint density at radius 1 is 0.894 bits per heavy atom. The van der Waals surface area contributed by atoms with E-state index >= 15 is 13.6 Å². The third-order valence-electron chi connectivity index (χ3n) is 13.5. The van der Waals surface area contributed by atoms with Gasteiger partial charge in [-0.1, -0.05) is 83.5 Å². The van der Waals surface area contributed by atoms with Gasteiger partial charge in [-0.3, -0.25) is 19.3 Å². The van der Waals surface area contributed by atoms with Gasteiger partial charge in [0.05, 0.1) is 37.4 Å². The van der Waals surface area contributed by atoms with E-state index in [0.29, 0.717) is 19.3 Å². The molecule has 2 heterocycles. The molecule has 2 aliphatic heterocycles. The van der Waals surface area contributed by atoms with Crippen LogP contribution in [0.2, 0.25) is 18.1 Å². The number of amides is 4. The number of likely N-dealkylation sites (tertiary alicyclic amines) is 2. The molecule has 0 radical (unpaired) electrons. The largest absolute Gasteiger partial charge is 0.444 e. The maximum Gasteiger partial charge on any atom is 0.410 e. The summed E-state index contributed by atoms with van der Waals surface area (Å²) in [4.78, 5) is 60.3. The smallest absolute Gasteiger partial charge is 0.410 e. The molecule has 0 spiro atoms. The fourth-order valence-electron chi connectivity index (χ4n) is 8.83. The van der Waals surface area contributed by atoms with E-state index in [1.54, 1.807) is 42.7 Å². The maximum absolute atomic E-state index is 15.4. The van der Waals surface area contributed by atoms with Crippen molar-refractivity contribution in [1.82, 2.24) is 20.4 Å². The Morgan fingerprint density at radius 3 is 2.11 bits per heavy atom. The third-order valence-corrected chi connectivity index (χ3v) is 18.0. The zero-order valence-corrected chi connectivity index (χ0v) is 41.6. The number of carbonyl (C=O) groups excluding carboxylic acids is 4. The summed E-state index contributed by atoms with van der Waals surface area (Å²) in [7, 11) is -2.83. The van der Waals surface area contributed by atoms with Crippen molar-refractivity contribution >= 4 is 32.1 Å². The lowest BCUT2D eigenvalue weighted by Crippen LogP contribution is -2.63. The highest BCUT2D eigenvalue weighted by Gasteiger charge is 2.54. The van der Waals surface area contributed by atoms with E-state index in [0.717, 1.165) is 17.2 Å². The molecule has 4 amide bonds. The van der Waals surface area contributed by atoms with Gasteiger partial charge in [-0.05, 0) is 118 Å². The number of nitrogens with one attached hydrogen (secondary N) is 2. The van der Waals surface area contributed by atoms with Gasteiger partial charge in [0.25, 0.3) is 0 Å². The predicted molar refractivity (Wildman–Crippen MR) is 251 cm³/mol. The number of ether oxygens (including phenoxy) is 2. The molecule has 0 unspecified atom stereocenters. The molecule has 2 aliphatic rings. The summed E-state index contributed by atoms with van der Waals surface area (Å²) in [5.74, 6) is -3.45. The summed E-state index contributed by atoms with van der Waals surface area (Å²) < 4.78 is 63.7. The average molecular weight is 937 g/mol. The van der Waals surface area contributed by atoms with E-state index in [2.05, 4.69) is 44.5 Å². The fourth-order valence-corrected chi connectivity index (χ4v) is 10.2. The molecule has 2 fully saturated rings. The molecule has 7 atom stereocenters. The van der Waals surface area contributed by atoms with E-state index in [1.807, 2.05) is 44.2 Å². The Bertz CT molecular complexity index is 2130. The number of benzene rings is 3. The monoisotopic (exact) mass is 937 g/mol. The van der Waals surface area contributed by atoms with Gasteiger partial charge < -0.3 is 29.4 Å². The van der Waals surface area contributed by atoms with Crippen LogP contribution in [0.3, 0.4) is 0 Å². The first-order valence-corrected chi connectivity index (χ1v) is 26.2. The normalized spacial score (nSPS) is 21.0. The van der Waals surface area contributed by atoms with Crippen LogP contribution in [0.1, 0.15) is 105 Å². The third kappa shape index (κ3) is 13.2. The van der Waals surface area contributed by atoms with Crippen molar-refractivity contribution in [3.05, 3.63) is 107 Å². The summed E-state index contributed by atoms with van der Waals surface area (Å²) in [6.45, 7) is 21.3. The van der Waals surface area contributed by atoms with Crippen molar-refractivity contribution < 1.29 is 46.2 Å². The standard InChI is InChI=1S/C51H71F3N4O7Si/c1-12-33(2)51(56-34(3)59)24-25-57(47(51)61)43(23-20-35-16-14-13-15-17-35)46(60)55-42(28-37-26-39(53)29-40(54)27-37)45(65-66(10,11)50(7,8)9)44-30-41(31-58(44)48(62)64-49(4,5)6)63-32-36-18-21-38(52)22-19-36/h13-19,21-22,26-27,29,33,41-45H,12,20,23-25,28,30-32H2,1-11H3,(H,55,60)(H,56,59)/t33-,41-,42+,43+,44-,45+,51+/m1/s1. The molecular weight excluding hydrogens is 866 g/mol. The predicted octanol–water partition coefficient (Wildman–Crippen LogP) is 9.27. The highest BCUT2D eigenvalue weighted by molar-refractivity contribution is 6.74. The Kier molecular flexibility index (Phi) is 17.0. The highest BCUT2D eigenvalue weighted by atomic mass is 28.4. The molecule has 3 aromatic carbocycles. The molecular formula is C51H71F3N4O7Si. The van der Waals surface area contributed by atoms with Crippen LogP contribution in [-0.4, -0.2) is 96.5 Å². The zero-order chi connectivity index (χ0) is 48.8. The fraction of sp³-hybridized carbons (Fsp3) is 0.569. The van der Waals surface area contributed by atoms with Crippen LogP contribution in [-0.2, 0) is 47.7 Å². The first-order valence-electron chi connectivity index (χ1n) is 23.2. The molecule has 0 aliphatic carbocycles. The molecule has 362 valence electrons. The quantitative estimate of drug-likeness (QED) is 0.122. The topological polar surface area (TPSA) is 127 Å². The van der Waals surface area contributed by atoms with Crippen LogP contribution >= 0.6 is 0 Å². The van der Waals surface area contributed by atoms with E-state index in [4.69, 9.17) is 13.9 Å². The van der Waals surface area contributed by atoms with Crippen LogP contribution in [0, 0.1) is 23.4 Å². The second-order valence-corrected chi connectivity index (χ2v) is 25.4. The van der Waals surface area contributed by atoms with Crippen molar-refractivity contribution in [2.45, 2.75) is 167 Å². The van der Waals surface area contributed by atoms with E-state index in [9.17, 15) is 18.8 Å². The molecule has 0 bridgehead atoms. The lowest BCUT2D eigenvalue weighted by molar-refractivity contribution is -0.144. The van der Waals surface area contributed by atoms with Gasteiger partial charge in [-0.2, -0.15) is 0 Å². The van der Waals surface area contributed by atoms with Gasteiger partial charge >= 0.3 is 6.09 Å². The Balaban J connectivity index is 1.63. The Labute approximate surface area is 390 Å². The number of hydrogen-bond acceptors (Lipinski definition) is 7. The van der Waals surface area contributed by atoms with E-state index < -0.39 is 73.4 Å². The van der Waals surface area contributed by atoms with Crippen molar-refractivity contribution in [2.75, 3.05) is 13.1 Å². The Morgan fingerprint density at radius 2 is 1.53 bits per heavy atom. The second-order valence-electron chi connectivity index (χ2n) is 20.7. The maximum atomic E-state index is 15.4. The number of aryl methyl sites for hydroxylation is 1. The van der Waals surface area contributed by atoms with Gasteiger partial charge in [-0.15, -0.1) is 0 Å². The number of nitrogens with zero attached hydrogens (tertiary/aromatic N) is 2. The average Bonchev–Trinajstić information content (AvgIpc) is 3.79. The number of rotatable bonds is 18. The molecule has 2 saturated heterocycles. The minimum absolute atomic E-state index is 0.0935. The van der Waals surface area contributed by atoms with Gasteiger partial charge in [0.2, 0.25) is 17.7 Å². The lowest BCUT2D eigenvalue weighted by atomic mass is 9.81. The van der Waals surface area contributed by atoms with Crippen molar-refractivity contribution in [3.8, 4) is 0 Å². The molecule has 3 aromatic rings. The van der Waals surface area contributed by atoms with E-state index in [1.165, 1.54) is 31.2 Å². The first kappa shape index (κ1) is 52.2. The van der Waals surface area contributed by atoms with Gasteiger partial charge in [0.15, 0.2) is 8.32 Å². The summed E-state index contributed by atoms with van der Waals surface area (Å²) in [5.41, 5.74) is -0.183. The highest BCUT2D eigenvalue weighted by Crippen LogP contribution is 2.41. The van der Waals surface area contributed by atoms with Crippen LogP contribution < -0.4 is 10.6 Å². The molecule has 0 saturated carbocycles. The minimum Gasteiger partial charge on any atom is -0.444 e. The number of carbonyl (C=O) groups is 4. The molecule has 66 heavy (non-hydrogen) atoms. The van der Waals surface area contributed by atoms with Crippen LogP contribution in [0.5, 0.6) is 0 Å². The van der Waals surface area contributed by atoms with E-state index in [-0.39, 0.29) is 73.1 Å². The summed E-state index contributed by atoms with van der Waals surface area (Å²) in [6.07, 6.45) is -0.491. The van der Waals surface area contributed by atoms with Gasteiger partial charge in [-0.25, -0.2) is 18.0 Å². The minimum atomic E-state index is -2.83. The lowest BCUT2D eigenvalue weighted by Gasteiger charge is -2.45. The van der Waals surface area contributed by atoms with Crippen LogP contribution in [0.15, 0.2) is 72.8 Å². The molecule has 11 nitrogen and oxygen atoms in total.